The predicted molar refractivity (Wildman–Crippen MR) is 114 cm³/mol. The maximum atomic E-state index is 12.5. The van der Waals surface area contributed by atoms with Crippen molar-refractivity contribution in [2.24, 2.45) is 0 Å². The lowest BCUT2D eigenvalue weighted by molar-refractivity contribution is -0.189. The molecule has 0 amide bonds. The maximum absolute atomic E-state index is 12.5. The highest BCUT2D eigenvalue weighted by atomic mass is 79.9. The summed E-state index contributed by atoms with van der Waals surface area (Å²) in [5.74, 6) is -1.57. The molecule has 0 aliphatic carbocycles. The number of benzene rings is 2. The first-order valence-electron chi connectivity index (χ1n) is 9.13. The fourth-order valence-corrected chi connectivity index (χ4v) is 3.84. The number of methoxy groups -OCH3 is 2. The van der Waals surface area contributed by atoms with Crippen LogP contribution in [0, 0.1) is 6.92 Å². The van der Waals surface area contributed by atoms with E-state index in [1.165, 1.54) is 32.4 Å². The van der Waals surface area contributed by atoms with E-state index in [1.807, 2.05) is 13.0 Å². The minimum Gasteiger partial charge on any atom is -0.493 e. The molecule has 4 aromatic rings. The Morgan fingerprint density at radius 2 is 1.69 bits per heavy atom. The van der Waals surface area contributed by atoms with Gasteiger partial charge in [0.1, 0.15) is 5.75 Å². The summed E-state index contributed by atoms with van der Waals surface area (Å²) in [5, 5.41) is 9.48. The smallest absolute Gasteiger partial charge is 0.491 e. The van der Waals surface area contributed by atoms with Gasteiger partial charge in [0.15, 0.2) is 17.1 Å². The summed E-state index contributed by atoms with van der Waals surface area (Å²) < 4.78 is 53.1. The zero-order valence-corrected chi connectivity index (χ0v) is 18.5. The van der Waals surface area contributed by atoms with E-state index in [2.05, 4.69) is 35.8 Å². The van der Waals surface area contributed by atoms with Gasteiger partial charge in [0.2, 0.25) is 0 Å². The van der Waals surface area contributed by atoms with Crippen LogP contribution in [0.25, 0.3) is 33.1 Å². The lowest BCUT2D eigenvalue weighted by atomic mass is 10.00. The van der Waals surface area contributed by atoms with E-state index in [-0.39, 0.29) is 10.2 Å². The highest BCUT2D eigenvalue weighted by molar-refractivity contribution is 9.10. The molecule has 1 N–H and O–H groups in total. The molecule has 2 aromatic carbocycles. The Morgan fingerprint density at radius 3 is 2.28 bits per heavy atom. The second-order valence-corrected chi connectivity index (χ2v) is 7.65. The van der Waals surface area contributed by atoms with Crippen LogP contribution >= 0.6 is 15.9 Å². The van der Waals surface area contributed by atoms with E-state index in [1.54, 1.807) is 6.07 Å². The molecule has 0 fully saturated rings. The Balaban J connectivity index is 1.92. The van der Waals surface area contributed by atoms with Crippen molar-refractivity contribution in [2.45, 2.75) is 13.1 Å². The molecule has 0 bridgehead atoms. The number of aromatic nitrogens is 3. The fraction of sp³-hybridized carbons (Fsp3) is 0.190. The standard InChI is InChI=1S/C21H15BrF3N3O4/c1-9-17-11-7-15(30-2)16(31-3)8-12(11)18(26-19(17)28-27-9)10-4-5-14(13(22)6-10)32-20(29)21(23,24)25/h4-8H,1-3H3,(H,26,27,28). The van der Waals surface area contributed by atoms with Gasteiger partial charge in [-0.1, -0.05) is 0 Å². The van der Waals surface area contributed by atoms with Crippen molar-refractivity contribution >= 4 is 43.7 Å². The number of carbonyl (C=O) groups excluding carboxylic acids is 1. The van der Waals surface area contributed by atoms with E-state index in [0.717, 1.165) is 16.5 Å². The minimum absolute atomic E-state index is 0.154. The van der Waals surface area contributed by atoms with Crippen LogP contribution in [0.3, 0.4) is 0 Å². The van der Waals surface area contributed by atoms with E-state index in [4.69, 9.17) is 9.47 Å². The lowest BCUT2D eigenvalue weighted by Crippen LogP contribution is -2.28. The third kappa shape index (κ3) is 3.72. The zero-order chi connectivity index (χ0) is 23.2. The second kappa shape index (κ2) is 7.97. The number of esters is 1. The van der Waals surface area contributed by atoms with Crippen LogP contribution in [0.15, 0.2) is 34.8 Å². The van der Waals surface area contributed by atoms with Crippen LogP contribution in [-0.4, -0.2) is 41.5 Å². The van der Waals surface area contributed by atoms with Crippen LogP contribution < -0.4 is 14.2 Å². The molecular weight excluding hydrogens is 495 g/mol. The Bertz CT molecular complexity index is 1370. The summed E-state index contributed by atoms with van der Waals surface area (Å²) in [6.07, 6.45) is -5.10. The number of hydrogen-bond acceptors (Lipinski definition) is 6. The first kappa shape index (κ1) is 21.9. The number of aryl methyl sites for hydroxylation is 1. The third-order valence-corrected chi connectivity index (χ3v) is 5.45. The van der Waals surface area contributed by atoms with Crippen molar-refractivity contribution in [2.75, 3.05) is 14.2 Å². The minimum atomic E-state index is -5.10. The monoisotopic (exact) mass is 509 g/mol. The highest BCUT2D eigenvalue weighted by Gasteiger charge is 2.41. The van der Waals surface area contributed by atoms with E-state index < -0.39 is 12.1 Å². The fourth-order valence-electron chi connectivity index (χ4n) is 3.38. The summed E-state index contributed by atoms with van der Waals surface area (Å²) in [4.78, 5) is 15.8. The summed E-state index contributed by atoms with van der Waals surface area (Å²) in [6, 6.07) is 7.88. The summed E-state index contributed by atoms with van der Waals surface area (Å²) in [6.45, 7) is 1.87. The Kier molecular flexibility index (Phi) is 5.45. The first-order chi connectivity index (χ1) is 15.1. The Labute approximate surface area is 187 Å². The molecule has 0 saturated heterocycles. The molecule has 166 valence electrons. The first-order valence-corrected chi connectivity index (χ1v) is 9.92. The molecule has 11 heteroatoms. The van der Waals surface area contributed by atoms with Gasteiger partial charge in [-0.3, -0.25) is 5.10 Å². The summed E-state index contributed by atoms with van der Waals surface area (Å²) >= 11 is 3.17. The van der Waals surface area contributed by atoms with Crippen molar-refractivity contribution < 1.29 is 32.2 Å². The van der Waals surface area contributed by atoms with Crippen LogP contribution in [0.5, 0.6) is 17.2 Å². The molecule has 0 spiro atoms. The van der Waals surface area contributed by atoms with Crippen molar-refractivity contribution in [3.63, 3.8) is 0 Å². The highest BCUT2D eigenvalue weighted by Crippen LogP contribution is 2.41. The van der Waals surface area contributed by atoms with Gasteiger partial charge in [0.25, 0.3) is 0 Å². The normalized spacial score (nSPS) is 11.7. The van der Waals surface area contributed by atoms with E-state index in [9.17, 15) is 18.0 Å². The molecule has 0 unspecified atom stereocenters. The Morgan fingerprint density at radius 1 is 1.03 bits per heavy atom. The van der Waals surface area contributed by atoms with Gasteiger partial charge in [-0.2, -0.15) is 18.3 Å². The summed E-state index contributed by atoms with van der Waals surface area (Å²) in [7, 11) is 3.04. The number of carbonyl (C=O) groups is 1. The molecule has 0 saturated carbocycles. The maximum Gasteiger partial charge on any atom is 0.491 e. The van der Waals surface area contributed by atoms with Crippen LogP contribution in [-0.2, 0) is 4.79 Å². The van der Waals surface area contributed by atoms with Gasteiger partial charge >= 0.3 is 12.1 Å². The van der Waals surface area contributed by atoms with Crippen molar-refractivity contribution in [1.29, 1.82) is 0 Å². The van der Waals surface area contributed by atoms with Crippen LogP contribution in [0.4, 0.5) is 13.2 Å². The largest absolute Gasteiger partial charge is 0.493 e. The zero-order valence-electron chi connectivity index (χ0n) is 16.9. The Hall–Kier alpha value is -3.34. The summed E-state index contributed by atoms with van der Waals surface area (Å²) in [5.41, 5.74) is 2.34. The second-order valence-electron chi connectivity index (χ2n) is 6.79. The van der Waals surface area contributed by atoms with Gasteiger partial charge in [-0.25, -0.2) is 9.78 Å². The predicted octanol–water partition coefficient (Wildman–Crippen LogP) is 5.33. The van der Waals surface area contributed by atoms with Gasteiger partial charge in [-0.15, -0.1) is 0 Å². The topological polar surface area (TPSA) is 86.3 Å². The van der Waals surface area contributed by atoms with Gasteiger partial charge in [0.05, 0.1) is 24.4 Å². The SMILES string of the molecule is COc1cc2c(-c3ccc(OC(=O)C(F)(F)F)c(Br)c3)nc3n[nH]c(C)c3c2cc1OC. The number of H-pyrrole nitrogens is 1. The molecular formula is C21H15BrF3N3O4. The number of ether oxygens (including phenoxy) is 3. The third-order valence-electron chi connectivity index (χ3n) is 4.83. The molecule has 32 heavy (non-hydrogen) atoms. The molecule has 0 aliphatic heterocycles. The number of halogens is 4. The number of nitrogens with one attached hydrogen (secondary N) is 1. The number of nitrogens with zero attached hydrogens (tertiary/aromatic N) is 2. The van der Waals surface area contributed by atoms with Gasteiger partial charge < -0.3 is 14.2 Å². The molecule has 0 aliphatic rings. The molecule has 2 aromatic heterocycles. The number of hydrogen-bond donors (Lipinski definition) is 1. The molecule has 0 radical (unpaired) electrons. The van der Waals surface area contributed by atoms with Gasteiger partial charge in [-0.05, 0) is 53.2 Å². The average molecular weight is 510 g/mol. The van der Waals surface area contributed by atoms with Crippen molar-refractivity contribution in [3.05, 3.63) is 40.5 Å². The van der Waals surface area contributed by atoms with E-state index >= 15 is 0 Å². The van der Waals surface area contributed by atoms with Crippen LogP contribution in [0.2, 0.25) is 0 Å². The number of aromatic amines is 1. The molecule has 4 rings (SSSR count). The number of pyridine rings is 1. The number of fused-ring (bicyclic) bond motifs is 3. The number of alkyl halides is 3. The van der Waals surface area contributed by atoms with Crippen molar-refractivity contribution in [3.8, 4) is 28.5 Å². The molecule has 2 heterocycles. The number of rotatable bonds is 4. The van der Waals surface area contributed by atoms with Crippen LogP contribution in [0.1, 0.15) is 5.69 Å². The molecule has 0 atom stereocenters. The average Bonchev–Trinajstić information content (AvgIpc) is 3.13. The molecule has 7 nitrogen and oxygen atoms in total. The van der Waals surface area contributed by atoms with E-state index in [0.29, 0.717) is 33.8 Å². The quantitative estimate of drug-likeness (QED) is 0.295. The van der Waals surface area contributed by atoms with Gasteiger partial charge in [0, 0.05) is 27.4 Å². The lowest BCUT2D eigenvalue weighted by Gasteiger charge is -2.14. The van der Waals surface area contributed by atoms with Crippen molar-refractivity contribution in [1.82, 2.24) is 15.2 Å².